The Morgan fingerprint density at radius 3 is 0.750 bits per heavy atom. The van der Waals surface area contributed by atoms with E-state index in [0.29, 0.717) is 0 Å². The molecule has 0 heterocycles. The van der Waals surface area contributed by atoms with Gasteiger partial charge in [-0.3, -0.25) is 9.59 Å². The van der Waals surface area contributed by atoms with Gasteiger partial charge in [0, 0.05) is 48.8 Å². The van der Waals surface area contributed by atoms with Gasteiger partial charge in [-0.2, -0.15) is 0 Å². The molecular weight excluding hydrogens is 433 g/mol. The van der Waals surface area contributed by atoms with E-state index in [2.05, 4.69) is 0 Å². The van der Waals surface area contributed by atoms with Gasteiger partial charge in [0.1, 0.15) is 11.6 Å². The number of hydrogen-bond acceptors (Lipinski definition) is 6. The summed E-state index contributed by atoms with van der Waals surface area (Å²) in [4.78, 5) is 20.1. The Kier molecular flexibility index (Phi) is 93.8. The number of hydrogen-bond donors (Lipinski definition) is 4. The summed E-state index contributed by atoms with van der Waals surface area (Å²) in [6, 6.07) is 0. The molecule has 0 aromatic rings. The van der Waals surface area contributed by atoms with Gasteiger partial charge in [-0.1, -0.05) is 0 Å². The number of Topliss-reactive ketones (excluding diaryl/α,β-unsaturated/α-hetero) is 2. The minimum Gasteiger partial charge on any atom is -0.397 e. The van der Waals surface area contributed by atoms with Gasteiger partial charge in [0.2, 0.25) is 0 Å². The van der Waals surface area contributed by atoms with Crippen LogP contribution in [0.1, 0.15) is 48.0 Å². The van der Waals surface area contributed by atoms with E-state index in [1.165, 1.54) is 13.8 Å². The molecule has 7 heteroatoms. The average molecular weight is 465 g/mol. The van der Waals surface area contributed by atoms with Crippen LogP contribution in [0.15, 0.2) is 0 Å². The molecule has 0 fully saturated rings. The van der Waals surface area contributed by atoms with Crippen molar-refractivity contribution in [2.45, 2.75) is 48.0 Å². The maximum absolute atomic E-state index is 10.0. The molecular formula is C13H32O6Ta. The second-order valence-corrected chi connectivity index (χ2v) is 2.85. The average Bonchev–Trinajstić information content (AvgIpc) is 2.19. The fourth-order valence-corrected chi connectivity index (χ4v) is 0.351. The van der Waals surface area contributed by atoms with Crippen LogP contribution in [0, 0.1) is 0 Å². The molecule has 4 N–H and O–H groups in total. The van der Waals surface area contributed by atoms with Crippen molar-refractivity contribution in [2.75, 3.05) is 26.4 Å². The van der Waals surface area contributed by atoms with Crippen molar-refractivity contribution in [3.8, 4) is 0 Å². The van der Waals surface area contributed by atoms with Gasteiger partial charge < -0.3 is 20.4 Å². The zero-order chi connectivity index (χ0) is 16.7. The zero-order valence-corrected chi connectivity index (χ0v) is 16.8. The van der Waals surface area contributed by atoms with Crippen molar-refractivity contribution >= 4 is 11.6 Å². The van der Waals surface area contributed by atoms with Crippen LogP contribution < -0.4 is 0 Å². The molecule has 0 rings (SSSR count). The maximum Gasteiger partial charge on any atom is 0.137 e. The first-order valence-corrected chi connectivity index (χ1v) is 6.21. The molecule has 6 nitrogen and oxygen atoms in total. The quantitative estimate of drug-likeness (QED) is 0.443. The molecule has 0 saturated carbocycles. The van der Waals surface area contributed by atoms with Crippen LogP contribution in [0.5, 0.6) is 0 Å². The standard InChI is InChI=1S/C5H8O2.4C2H6O.Ta/c1-4(6)3-5(2)7;4*1-2-3;/h3H2,1-2H3;4*3H,2H2,1H3;. The Balaban J connectivity index is -0.0000000326. The fraction of sp³-hybridized carbons (Fsp3) is 0.846. The molecule has 0 bridgehead atoms. The number of rotatable bonds is 2. The van der Waals surface area contributed by atoms with Crippen LogP contribution in [0.3, 0.4) is 0 Å². The molecule has 0 amide bonds. The van der Waals surface area contributed by atoms with Crippen LogP contribution in [-0.4, -0.2) is 58.4 Å². The molecule has 0 aliphatic rings. The van der Waals surface area contributed by atoms with Gasteiger partial charge in [0.25, 0.3) is 0 Å². The Morgan fingerprint density at radius 2 is 0.750 bits per heavy atom. The van der Waals surface area contributed by atoms with Crippen LogP contribution in [0.4, 0.5) is 0 Å². The Bertz CT molecular complexity index is 134. The summed E-state index contributed by atoms with van der Waals surface area (Å²) >= 11 is 0. The number of carbonyl (C=O) groups is 2. The Hall–Kier alpha value is -0.0797. The number of aliphatic hydroxyl groups is 4. The van der Waals surface area contributed by atoms with E-state index in [1.54, 1.807) is 27.7 Å². The van der Waals surface area contributed by atoms with E-state index in [-0.39, 0.29) is 66.8 Å². The number of carbonyl (C=O) groups excluding carboxylic acids is 2. The maximum atomic E-state index is 10.0. The smallest absolute Gasteiger partial charge is 0.137 e. The second kappa shape index (κ2) is 51.0. The van der Waals surface area contributed by atoms with Crippen molar-refractivity contribution in [1.82, 2.24) is 0 Å². The molecule has 0 aliphatic carbocycles. The molecule has 0 saturated heterocycles. The third-order valence-electron chi connectivity index (χ3n) is 0.498. The molecule has 0 spiro atoms. The first kappa shape index (κ1) is 36.8. The summed E-state index contributed by atoms with van der Waals surface area (Å²) in [5.41, 5.74) is 0. The largest absolute Gasteiger partial charge is 0.397 e. The summed E-state index contributed by atoms with van der Waals surface area (Å²) in [7, 11) is 0. The third kappa shape index (κ3) is 334. The van der Waals surface area contributed by atoms with Crippen LogP contribution in [-0.2, 0) is 32.0 Å². The summed E-state index contributed by atoms with van der Waals surface area (Å²) in [5, 5.41) is 30.3. The normalized spacial score (nSPS) is 6.50. The molecule has 0 unspecified atom stereocenters. The van der Waals surface area contributed by atoms with E-state index >= 15 is 0 Å². The SMILES string of the molecule is CC(=O)CC(C)=O.CCO.CCO.CCO.CCO.[Ta]. The number of aliphatic hydroxyl groups excluding tert-OH is 4. The molecule has 0 aliphatic heterocycles. The topological polar surface area (TPSA) is 115 Å². The third-order valence-corrected chi connectivity index (χ3v) is 0.498. The van der Waals surface area contributed by atoms with E-state index in [4.69, 9.17) is 20.4 Å². The Labute approximate surface area is 138 Å². The van der Waals surface area contributed by atoms with Crippen molar-refractivity contribution in [2.24, 2.45) is 0 Å². The monoisotopic (exact) mass is 465 g/mol. The molecule has 0 atom stereocenters. The number of ketones is 2. The molecule has 1 radical (unpaired) electrons. The van der Waals surface area contributed by atoms with Crippen molar-refractivity contribution < 1.29 is 52.4 Å². The summed E-state index contributed by atoms with van der Waals surface area (Å²) in [5.74, 6) is -0.125. The Morgan fingerprint density at radius 1 is 0.650 bits per heavy atom. The van der Waals surface area contributed by atoms with Crippen molar-refractivity contribution in [3.05, 3.63) is 0 Å². The van der Waals surface area contributed by atoms with Gasteiger partial charge in [-0.25, -0.2) is 0 Å². The van der Waals surface area contributed by atoms with Crippen molar-refractivity contribution in [1.29, 1.82) is 0 Å². The van der Waals surface area contributed by atoms with E-state index < -0.39 is 0 Å². The van der Waals surface area contributed by atoms with Gasteiger partial charge >= 0.3 is 0 Å². The summed E-state index contributed by atoms with van der Waals surface area (Å²) in [6.07, 6.45) is 0.0833. The van der Waals surface area contributed by atoms with Crippen LogP contribution >= 0.6 is 0 Å². The zero-order valence-electron chi connectivity index (χ0n) is 13.6. The first-order valence-electron chi connectivity index (χ1n) is 6.21. The van der Waals surface area contributed by atoms with Crippen LogP contribution in [0.2, 0.25) is 0 Å². The molecule has 0 aromatic heterocycles. The van der Waals surface area contributed by atoms with E-state index in [1.807, 2.05) is 0 Å². The van der Waals surface area contributed by atoms with E-state index in [9.17, 15) is 9.59 Å². The predicted molar refractivity (Wildman–Crippen MR) is 77.0 cm³/mol. The summed E-state index contributed by atoms with van der Waals surface area (Å²) < 4.78 is 0. The van der Waals surface area contributed by atoms with Gasteiger partial charge in [0.15, 0.2) is 0 Å². The van der Waals surface area contributed by atoms with Gasteiger partial charge in [0.05, 0.1) is 6.42 Å². The molecule has 0 aromatic carbocycles. The minimum absolute atomic E-state index is 0. The molecule has 125 valence electrons. The van der Waals surface area contributed by atoms with Gasteiger partial charge in [-0.05, 0) is 41.5 Å². The molecule has 20 heavy (non-hydrogen) atoms. The fourth-order valence-electron chi connectivity index (χ4n) is 0.351. The van der Waals surface area contributed by atoms with Gasteiger partial charge in [-0.15, -0.1) is 0 Å². The van der Waals surface area contributed by atoms with E-state index in [0.717, 1.165) is 0 Å². The van der Waals surface area contributed by atoms with Crippen molar-refractivity contribution in [3.63, 3.8) is 0 Å². The van der Waals surface area contributed by atoms with Crippen LogP contribution in [0.25, 0.3) is 0 Å². The second-order valence-electron chi connectivity index (χ2n) is 2.85. The minimum atomic E-state index is -0.0625. The predicted octanol–water partition coefficient (Wildman–Crippen LogP) is 0.546. The first-order chi connectivity index (χ1) is 8.78. The summed E-state index contributed by atoms with van der Waals surface area (Å²) in [6.45, 7) is 10.5.